The van der Waals surface area contributed by atoms with Crippen LogP contribution in [0.1, 0.15) is 23.5 Å². The van der Waals surface area contributed by atoms with E-state index in [1.54, 1.807) is 18.5 Å². The number of hydrogen-bond donors (Lipinski definition) is 1. The zero-order valence-electron chi connectivity index (χ0n) is 13.9. The standard InChI is InChI=1S/C17H13BrF3N3O2S/c1-2-26-17(25)11-10(7-18)23-15(16-22-5-6-27-16)24-14(11)8-3-4-9(19)13(21)12(8)20/h3-6,14H,2,7H2,1H3,(H,23,24). The predicted octanol–water partition coefficient (Wildman–Crippen LogP) is 3.86. The lowest BCUT2D eigenvalue weighted by Gasteiger charge is -2.26. The molecule has 0 aliphatic carbocycles. The number of nitrogens with zero attached hydrogens (tertiary/aromatic N) is 2. The number of halogens is 4. The van der Waals surface area contributed by atoms with Crippen LogP contribution < -0.4 is 5.32 Å². The van der Waals surface area contributed by atoms with E-state index in [1.807, 2.05) is 0 Å². The maximum absolute atomic E-state index is 14.5. The first kappa shape index (κ1) is 19.6. The zero-order chi connectivity index (χ0) is 19.6. The van der Waals surface area contributed by atoms with Crippen LogP contribution in [-0.2, 0) is 9.53 Å². The number of carbonyl (C=O) groups excluding carboxylic acids is 1. The molecule has 0 fully saturated rings. The van der Waals surface area contributed by atoms with Crippen LogP contribution >= 0.6 is 27.3 Å². The Labute approximate surface area is 165 Å². The van der Waals surface area contributed by atoms with Crippen molar-refractivity contribution in [3.05, 3.63) is 63.0 Å². The average Bonchev–Trinajstić information content (AvgIpc) is 3.20. The Morgan fingerprint density at radius 2 is 2.11 bits per heavy atom. The highest BCUT2D eigenvalue weighted by atomic mass is 79.9. The molecule has 1 aliphatic rings. The van der Waals surface area contributed by atoms with E-state index in [2.05, 4.69) is 31.2 Å². The van der Waals surface area contributed by atoms with Crippen molar-refractivity contribution in [1.29, 1.82) is 0 Å². The van der Waals surface area contributed by atoms with E-state index in [4.69, 9.17) is 4.74 Å². The van der Waals surface area contributed by atoms with Crippen LogP contribution in [0, 0.1) is 17.5 Å². The number of aliphatic imine (C=N–C) groups is 1. The molecule has 1 aliphatic heterocycles. The summed E-state index contributed by atoms with van der Waals surface area (Å²) in [6.07, 6.45) is 1.57. The number of esters is 1. The molecule has 0 spiro atoms. The van der Waals surface area contributed by atoms with Gasteiger partial charge in [0.1, 0.15) is 6.04 Å². The lowest BCUT2D eigenvalue weighted by atomic mass is 9.95. The zero-order valence-corrected chi connectivity index (χ0v) is 16.3. The Hall–Kier alpha value is -2.20. The van der Waals surface area contributed by atoms with E-state index >= 15 is 0 Å². The third-order valence-corrected chi connectivity index (χ3v) is 5.09. The highest BCUT2D eigenvalue weighted by molar-refractivity contribution is 9.09. The number of aromatic nitrogens is 1. The van der Waals surface area contributed by atoms with Gasteiger partial charge in [0.2, 0.25) is 0 Å². The molecule has 10 heteroatoms. The Morgan fingerprint density at radius 3 is 2.74 bits per heavy atom. The Morgan fingerprint density at radius 1 is 1.33 bits per heavy atom. The van der Waals surface area contributed by atoms with Crippen LogP contribution in [0.4, 0.5) is 13.2 Å². The summed E-state index contributed by atoms with van der Waals surface area (Å²) in [6, 6.07) is 0.648. The minimum absolute atomic E-state index is 0.0129. The number of benzene rings is 1. The van der Waals surface area contributed by atoms with Gasteiger partial charge >= 0.3 is 5.97 Å². The van der Waals surface area contributed by atoms with Gasteiger partial charge in [-0.05, 0) is 13.0 Å². The van der Waals surface area contributed by atoms with E-state index in [9.17, 15) is 18.0 Å². The van der Waals surface area contributed by atoms with Crippen molar-refractivity contribution in [2.45, 2.75) is 13.0 Å². The van der Waals surface area contributed by atoms with Gasteiger partial charge in [0.05, 0.1) is 12.2 Å². The Kier molecular flexibility index (Phi) is 5.95. The molecule has 0 saturated heterocycles. The fourth-order valence-electron chi connectivity index (χ4n) is 2.58. The highest BCUT2D eigenvalue weighted by Gasteiger charge is 2.35. The first-order valence-electron chi connectivity index (χ1n) is 7.82. The fraction of sp³-hybridized carbons (Fsp3) is 0.235. The van der Waals surface area contributed by atoms with Crippen LogP contribution in [0.5, 0.6) is 0 Å². The third-order valence-electron chi connectivity index (χ3n) is 3.75. The van der Waals surface area contributed by atoms with Crippen molar-refractivity contribution in [1.82, 2.24) is 10.3 Å². The number of hydrogen-bond acceptors (Lipinski definition) is 6. The number of ether oxygens (including phenoxy) is 1. The van der Waals surface area contributed by atoms with Crippen molar-refractivity contribution in [3.63, 3.8) is 0 Å². The van der Waals surface area contributed by atoms with Gasteiger partial charge in [-0.25, -0.2) is 22.9 Å². The molecule has 1 aromatic heterocycles. The molecule has 3 rings (SSSR count). The predicted molar refractivity (Wildman–Crippen MR) is 98.3 cm³/mol. The molecule has 1 N–H and O–H groups in total. The number of rotatable bonds is 5. The molecule has 0 amide bonds. The molecule has 0 saturated carbocycles. The summed E-state index contributed by atoms with van der Waals surface area (Å²) in [4.78, 5) is 21.0. The van der Waals surface area contributed by atoms with Gasteiger partial charge in [-0.1, -0.05) is 22.0 Å². The molecule has 27 heavy (non-hydrogen) atoms. The summed E-state index contributed by atoms with van der Waals surface area (Å²) in [5.74, 6) is -4.78. The van der Waals surface area contributed by atoms with Gasteiger partial charge in [-0.15, -0.1) is 11.3 Å². The maximum atomic E-state index is 14.5. The molecule has 2 aromatic rings. The summed E-state index contributed by atoms with van der Waals surface area (Å²) in [6.45, 7) is 1.72. The molecular formula is C17H13BrF3N3O2S. The van der Waals surface area contributed by atoms with Gasteiger partial charge in [-0.3, -0.25) is 4.99 Å². The van der Waals surface area contributed by atoms with E-state index in [-0.39, 0.29) is 23.1 Å². The van der Waals surface area contributed by atoms with Gasteiger partial charge < -0.3 is 10.1 Å². The quantitative estimate of drug-likeness (QED) is 0.418. The van der Waals surface area contributed by atoms with Crippen LogP contribution in [0.15, 0.2) is 40.0 Å². The van der Waals surface area contributed by atoms with Gasteiger partial charge in [0, 0.05) is 28.2 Å². The van der Waals surface area contributed by atoms with E-state index in [0.717, 1.165) is 12.1 Å². The maximum Gasteiger partial charge on any atom is 0.338 e. The van der Waals surface area contributed by atoms with Crippen LogP contribution in [0.25, 0.3) is 0 Å². The fourth-order valence-corrected chi connectivity index (χ4v) is 3.61. The highest BCUT2D eigenvalue weighted by Crippen LogP contribution is 2.35. The number of allylic oxidation sites excluding steroid dienone is 1. The molecular weight excluding hydrogens is 447 g/mol. The number of carbonyl (C=O) groups is 1. The van der Waals surface area contributed by atoms with Gasteiger partial charge in [-0.2, -0.15) is 0 Å². The largest absolute Gasteiger partial charge is 0.463 e. The molecule has 5 nitrogen and oxygen atoms in total. The van der Waals surface area contributed by atoms with Crippen LogP contribution in [-0.4, -0.2) is 28.7 Å². The number of alkyl halides is 1. The molecule has 142 valence electrons. The molecule has 2 heterocycles. The Balaban J connectivity index is 2.19. The minimum atomic E-state index is -1.62. The first-order chi connectivity index (χ1) is 13.0. The first-order valence-corrected chi connectivity index (χ1v) is 9.82. The molecule has 1 atom stereocenters. The van der Waals surface area contributed by atoms with Crippen molar-refractivity contribution in [2.75, 3.05) is 11.9 Å². The van der Waals surface area contributed by atoms with Crippen molar-refractivity contribution in [3.8, 4) is 0 Å². The van der Waals surface area contributed by atoms with Crippen molar-refractivity contribution < 1.29 is 22.7 Å². The Bertz CT molecular complexity index is 932. The second kappa shape index (κ2) is 8.22. The molecule has 0 radical (unpaired) electrons. The van der Waals surface area contributed by atoms with Crippen LogP contribution in [0.3, 0.4) is 0 Å². The number of thiazole rings is 1. The lowest BCUT2D eigenvalue weighted by molar-refractivity contribution is -0.138. The van der Waals surface area contributed by atoms with E-state index in [0.29, 0.717) is 16.5 Å². The minimum Gasteiger partial charge on any atom is -0.463 e. The monoisotopic (exact) mass is 459 g/mol. The molecule has 1 aromatic carbocycles. The van der Waals surface area contributed by atoms with Crippen molar-refractivity contribution >= 4 is 39.1 Å². The summed E-state index contributed by atoms with van der Waals surface area (Å²) in [5.41, 5.74) is 0.118. The molecule has 1 unspecified atom stereocenters. The lowest BCUT2D eigenvalue weighted by Crippen LogP contribution is -2.34. The topological polar surface area (TPSA) is 63.6 Å². The summed E-state index contributed by atoms with van der Waals surface area (Å²) in [7, 11) is 0. The average molecular weight is 460 g/mol. The second-order valence-corrected chi connectivity index (χ2v) is 6.81. The number of amidine groups is 1. The summed E-state index contributed by atoms with van der Waals surface area (Å²) >= 11 is 4.56. The number of nitrogens with one attached hydrogen (secondary N) is 1. The van der Waals surface area contributed by atoms with E-state index < -0.39 is 29.5 Å². The SMILES string of the molecule is CCOC(=O)C1=C(CBr)NC(c2nccs2)=NC1c1ccc(F)c(F)c1F. The summed E-state index contributed by atoms with van der Waals surface area (Å²) < 4.78 is 46.7. The molecule has 0 bridgehead atoms. The summed E-state index contributed by atoms with van der Waals surface area (Å²) in [5, 5.41) is 5.41. The second-order valence-electron chi connectivity index (χ2n) is 5.35. The van der Waals surface area contributed by atoms with Crippen molar-refractivity contribution in [2.24, 2.45) is 4.99 Å². The smallest absolute Gasteiger partial charge is 0.338 e. The normalized spacial score (nSPS) is 16.8. The third kappa shape index (κ3) is 3.77. The van der Waals surface area contributed by atoms with Crippen LogP contribution in [0.2, 0.25) is 0 Å². The van der Waals surface area contributed by atoms with Gasteiger partial charge in [0.25, 0.3) is 0 Å². The van der Waals surface area contributed by atoms with Gasteiger partial charge in [0.15, 0.2) is 28.3 Å². The van der Waals surface area contributed by atoms with E-state index in [1.165, 1.54) is 11.3 Å².